The first-order chi connectivity index (χ1) is 10.0. The van der Waals surface area contributed by atoms with E-state index in [2.05, 4.69) is 5.32 Å². The Morgan fingerprint density at radius 2 is 2.10 bits per heavy atom. The van der Waals surface area contributed by atoms with Gasteiger partial charge in [-0.2, -0.15) is 0 Å². The number of halogens is 1. The molecule has 0 spiro atoms. The molecular formula is C15H15ClN2O3. The van der Waals surface area contributed by atoms with Crippen LogP contribution in [0.25, 0.3) is 0 Å². The number of anilines is 1. The average molecular weight is 307 g/mol. The van der Waals surface area contributed by atoms with Gasteiger partial charge < -0.3 is 10.1 Å². The zero-order valence-corrected chi connectivity index (χ0v) is 12.5. The highest BCUT2D eigenvalue weighted by atomic mass is 35.5. The fourth-order valence-corrected chi connectivity index (χ4v) is 2.27. The van der Waals surface area contributed by atoms with E-state index in [1.807, 2.05) is 25.1 Å². The third-order valence-electron chi connectivity index (χ3n) is 3.10. The Morgan fingerprint density at radius 3 is 2.76 bits per heavy atom. The number of hydrogen-bond acceptors (Lipinski definition) is 4. The molecule has 0 aliphatic heterocycles. The average Bonchev–Trinajstić information content (AvgIpc) is 2.45. The van der Waals surface area contributed by atoms with Gasteiger partial charge in [0.25, 0.3) is 5.69 Å². The maximum Gasteiger partial charge on any atom is 0.275 e. The van der Waals surface area contributed by atoms with E-state index in [1.165, 1.54) is 6.07 Å². The van der Waals surface area contributed by atoms with E-state index < -0.39 is 4.92 Å². The molecule has 0 aliphatic carbocycles. The molecule has 0 amide bonds. The Bertz CT molecular complexity index is 674. The molecular weight excluding hydrogens is 292 g/mol. The second-order valence-electron chi connectivity index (χ2n) is 4.55. The maximum absolute atomic E-state index is 11.1. The van der Waals surface area contributed by atoms with Gasteiger partial charge >= 0.3 is 0 Å². The molecule has 6 heteroatoms. The molecule has 0 saturated heterocycles. The van der Waals surface area contributed by atoms with Gasteiger partial charge in [-0.05, 0) is 30.7 Å². The van der Waals surface area contributed by atoms with Crippen molar-refractivity contribution in [2.45, 2.75) is 13.5 Å². The predicted octanol–water partition coefficient (Wildman–Crippen LogP) is 4.18. The summed E-state index contributed by atoms with van der Waals surface area (Å²) in [5.41, 5.74) is 2.29. The van der Waals surface area contributed by atoms with Gasteiger partial charge in [0.1, 0.15) is 5.75 Å². The van der Waals surface area contributed by atoms with Crippen molar-refractivity contribution in [1.82, 2.24) is 0 Å². The van der Waals surface area contributed by atoms with Crippen LogP contribution in [0.5, 0.6) is 5.75 Å². The summed E-state index contributed by atoms with van der Waals surface area (Å²) in [6.45, 7) is 2.21. The lowest BCUT2D eigenvalue weighted by Crippen LogP contribution is -2.05. The van der Waals surface area contributed by atoms with Crippen LogP contribution >= 0.6 is 11.6 Å². The van der Waals surface area contributed by atoms with Crippen molar-refractivity contribution < 1.29 is 9.66 Å². The fourth-order valence-electron chi connectivity index (χ4n) is 2.04. The van der Waals surface area contributed by atoms with Crippen LogP contribution in [0.2, 0.25) is 5.02 Å². The molecule has 5 nitrogen and oxygen atoms in total. The minimum atomic E-state index is -0.434. The number of nitrogens with one attached hydrogen (secondary N) is 1. The van der Waals surface area contributed by atoms with Crippen molar-refractivity contribution in [3.05, 3.63) is 62.7 Å². The SMILES string of the molecule is COc1ccc(C)cc1NCc1c(Cl)cccc1[N+](=O)[O-]. The minimum Gasteiger partial charge on any atom is -0.495 e. The van der Waals surface area contributed by atoms with Crippen molar-refractivity contribution >= 4 is 23.0 Å². The van der Waals surface area contributed by atoms with E-state index in [0.29, 0.717) is 16.3 Å². The summed E-state index contributed by atoms with van der Waals surface area (Å²) in [5, 5.41) is 14.6. The van der Waals surface area contributed by atoms with E-state index in [1.54, 1.807) is 19.2 Å². The lowest BCUT2D eigenvalue weighted by atomic mass is 10.1. The van der Waals surface area contributed by atoms with Gasteiger partial charge in [0, 0.05) is 12.6 Å². The van der Waals surface area contributed by atoms with Crippen molar-refractivity contribution in [3.63, 3.8) is 0 Å². The van der Waals surface area contributed by atoms with Crippen LogP contribution in [0.4, 0.5) is 11.4 Å². The van der Waals surface area contributed by atoms with Crippen LogP contribution < -0.4 is 10.1 Å². The van der Waals surface area contributed by atoms with Crippen molar-refractivity contribution in [3.8, 4) is 5.75 Å². The predicted molar refractivity (Wildman–Crippen MR) is 83.2 cm³/mol. The smallest absolute Gasteiger partial charge is 0.275 e. The van der Waals surface area contributed by atoms with E-state index in [4.69, 9.17) is 16.3 Å². The van der Waals surface area contributed by atoms with Gasteiger partial charge in [-0.25, -0.2) is 0 Å². The molecule has 0 radical (unpaired) electrons. The lowest BCUT2D eigenvalue weighted by Gasteiger charge is -2.13. The number of aryl methyl sites for hydroxylation is 1. The molecule has 0 atom stereocenters. The van der Waals surface area contributed by atoms with Crippen LogP contribution in [-0.2, 0) is 6.54 Å². The Labute approximate surface area is 127 Å². The first-order valence-corrected chi connectivity index (χ1v) is 6.71. The van der Waals surface area contributed by atoms with Crippen LogP contribution in [0.3, 0.4) is 0 Å². The number of nitrogens with zero attached hydrogens (tertiary/aromatic N) is 1. The molecule has 0 fully saturated rings. The Kier molecular flexibility index (Phi) is 4.65. The van der Waals surface area contributed by atoms with E-state index in [9.17, 15) is 10.1 Å². The third kappa shape index (κ3) is 3.44. The van der Waals surface area contributed by atoms with E-state index in [0.717, 1.165) is 11.3 Å². The molecule has 110 valence electrons. The van der Waals surface area contributed by atoms with Crippen LogP contribution in [-0.4, -0.2) is 12.0 Å². The number of ether oxygens (including phenoxy) is 1. The molecule has 21 heavy (non-hydrogen) atoms. The maximum atomic E-state index is 11.1. The molecule has 2 aromatic carbocycles. The number of benzene rings is 2. The summed E-state index contributed by atoms with van der Waals surface area (Å²) in [4.78, 5) is 10.6. The second-order valence-corrected chi connectivity index (χ2v) is 4.96. The van der Waals surface area contributed by atoms with Crippen LogP contribution in [0.1, 0.15) is 11.1 Å². The highest BCUT2D eigenvalue weighted by Gasteiger charge is 2.16. The minimum absolute atomic E-state index is 0.00150. The lowest BCUT2D eigenvalue weighted by molar-refractivity contribution is -0.385. The summed E-state index contributed by atoms with van der Waals surface area (Å²) < 4.78 is 5.27. The summed E-state index contributed by atoms with van der Waals surface area (Å²) >= 11 is 6.07. The van der Waals surface area contributed by atoms with Crippen LogP contribution in [0.15, 0.2) is 36.4 Å². The molecule has 0 heterocycles. The molecule has 2 rings (SSSR count). The Balaban J connectivity index is 2.28. The molecule has 2 aromatic rings. The van der Waals surface area contributed by atoms with Gasteiger partial charge in [-0.15, -0.1) is 0 Å². The highest BCUT2D eigenvalue weighted by molar-refractivity contribution is 6.31. The number of rotatable bonds is 5. The first kappa shape index (κ1) is 15.1. The number of nitro benzene ring substituents is 1. The van der Waals surface area contributed by atoms with E-state index in [-0.39, 0.29) is 12.2 Å². The topological polar surface area (TPSA) is 64.4 Å². The second kappa shape index (κ2) is 6.45. The highest BCUT2D eigenvalue weighted by Crippen LogP contribution is 2.30. The Morgan fingerprint density at radius 1 is 1.33 bits per heavy atom. The van der Waals surface area contributed by atoms with Gasteiger partial charge in [0.15, 0.2) is 0 Å². The van der Waals surface area contributed by atoms with Crippen molar-refractivity contribution in [2.24, 2.45) is 0 Å². The summed E-state index contributed by atoms with van der Waals surface area (Å²) in [6, 6.07) is 10.3. The van der Waals surface area contributed by atoms with Crippen LogP contribution in [0, 0.1) is 17.0 Å². The monoisotopic (exact) mass is 306 g/mol. The first-order valence-electron chi connectivity index (χ1n) is 6.33. The summed E-state index contributed by atoms with van der Waals surface area (Å²) in [6.07, 6.45) is 0. The van der Waals surface area contributed by atoms with Gasteiger partial charge in [-0.1, -0.05) is 23.7 Å². The van der Waals surface area contributed by atoms with Gasteiger partial charge in [0.2, 0.25) is 0 Å². The number of methoxy groups -OCH3 is 1. The summed E-state index contributed by atoms with van der Waals surface area (Å²) in [5.74, 6) is 0.676. The normalized spacial score (nSPS) is 10.2. The quantitative estimate of drug-likeness (QED) is 0.665. The zero-order chi connectivity index (χ0) is 15.4. The molecule has 0 aromatic heterocycles. The molecule has 0 unspecified atom stereocenters. The van der Waals surface area contributed by atoms with Crippen molar-refractivity contribution in [2.75, 3.05) is 12.4 Å². The fraction of sp³-hybridized carbons (Fsp3) is 0.200. The Hall–Kier alpha value is -2.27. The zero-order valence-electron chi connectivity index (χ0n) is 11.7. The molecule has 1 N–H and O–H groups in total. The standard InChI is InChI=1S/C15H15ClN2O3/c1-10-6-7-15(21-2)13(8-10)17-9-11-12(16)4-3-5-14(11)18(19)20/h3-8,17H,9H2,1-2H3. The molecule has 0 saturated carbocycles. The third-order valence-corrected chi connectivity index (χ3v) is 3.46. The van der Waals surface area contributed by atoms with E-state index >= 15 is 0 Å². The molecule has 0 aliphatic rings. The van der Waals surface area contributed by atoms with Crippen molar-refractivity contribution in [1.29, 1.82) is 0 Å². The molecule has 0 bridgehead atoms. The number of nitro groups is 1. The number of hydrogen-bond donors (Lipinski definition) is 1. The van der Waals surface area contributed by atoms with Gasteiger partial charge in [0.05, 0.1) is 28.3 Å². The largest absolute Gasteiger partial charge is 0.495 e. The summed E-state index contributed by atoms with van der Waals surface area (Å²) in [7, 11) is 1.58. The van der Waals surface area contributed by atoms with Gasteiger partial charge in [-0.3, -0.25) is 10.1 Å².